The van der Waals surface area contributed by atoms with Crippen molar-refractivity contribution >= 4 is 12.0 Å². The number of amides is 2. The molecule has 1 rings (SSSR count). The van der Waals surface area contributed by atoms with Crippen LogP contribution in [0.2, 0.25) is 0 Å². The standard InChI is InChI=1S/C10H18N2O8/c1-3(11-10(18)19)8(16)12-5-7(15)6(14)4(2-13)20-9(5)17/h3-7,9,11,13-15,17H,2H2,1H3,(H,12,16)(H,18,19)/t3-,4+,5+,6+,7+,9+/m0/s1. The summed E-state index contributed by atoms with van der Waals surface area (Å²) in [6, 6.07) is -2.47. The van der Waals surface area contributed by atoms with Crippen LogP contribution in [0.1, 0.15) is 6.92 Å². The van der Waals surface area contributed by atoms with Gasteiger partial charge < -0.3 is 40.9 Å². The van der Waals surface area contributed by atoms with Gasteiger partial charge in [-0.2, -0.15) is 0 Å². The first-order valence-corrected chi connectivity index (χ1v) is 5.88. The molecule has 0 aromatic rings. The zero-order valence-corrected chi connectivity index (χ0v) is 10.6. The lowest BCUT2D eigenvalue weighted by Crippen LogP contribution is -2.65. The Hall–Kier alpha value is -1.46. The summed E-state index contributed by atoms with van der Waals surface area (Å²) >= 11 is 0. The Kier molecular flexibility index (Phi) is 5.65. The van der Waals surface area contributed by atoms with E-state index in [9.17, 15) is 24.9 Å². The molecule has 0 spiro atoms. The van der Waals surface area contributed by atoms with Crippen molar-refractivity contribution < 1.29 is 39.9 Å². The van der Waals surface area contributed by atoms with Crippen LogP contribution in [0.3, 0.4) is 0 Å². The Morgan fingerprint density at radius 3 is 2.35 bits per heavy atom. The van der Waals surface area contributed by atoms with Crippen LogP contribution in [0.15, 0.2) is 0 Å². The van der Waals surface area contributed by atoms with Gasteiger partial charge in [-0.15, -0.1) is 0 Å². The molecule has 10 nitrogen and oxygen atoms in total. The number of carbonyl (C=O) groups excluding carboxylic acids is 1. The summed E-state index contributed by atoms with van der Waals surface area (Å²) in [6.07, 6.45) is -7.31. The van der Waals surface area contributed by atoms with Gasteiger partial charge in [-0.25, -0.2) is 4.79 Å². The molecule has 1 heterocycles. The molecule has 0 unspecified atom stereocenters. The highest BCUT2D eigenvalue weighted by Crippen LogP contribution is 2.19. The van der Waals surface area contributed by atoms with Crippen LogP contribution in [0.4, 0.5) is 4.79 Å². The van der Waals surface area contributed by atoms with Crippen molar-refractivity contribution in [3.63, 3.8) is 0 Å². The predicted octanol–water partition coefficient (Wildman–Crippen LogP) is -3.44. The lowest BCUT2D eigenvalue weighted by molar-refractivity contribution is -0.253. The molecule has 2 amide bonds. The van der Waals surface area contributed by atoms with Crippen LogP contribution < -0.4 is 10.6 Å². The molecule has 1 aliphatic heterocycles. The number of hydrogen-bond acceptors (Lipinski definition) is 7. The van der Waals surface area contributed by atoms with E-state index in [1.54, 1.807) is 0 Å². The van der Waals surface area contributed by atoms with Crippen LogP contribution >= 0.6 is 0 Å². The Morgan fingerprint density at radius 1 is 1.25 bits per heavy atom. The molecule has 0 radical (unpaired) electrons. The summed E-state index contributed by atoms with van der Waals surface area (Å²) in [7, 11) is 0. The second kappa shape index (κ2) is 6.81. The fraction of sp³-hybridized carbons (Fsp3) is 0.800. The molecule has 20 heavy (non-hydrogen) atoms. The van der Waals surface area contributed by atoms with Crippen molar-refractivity contribution in [2.45, 2.75) is 43.6 Å². The molecular formula is C10H18N2O8. The van der Waals surface area contributed by atoms with Crippen molar-refractivity contribution in [1.29, 1.82) is 0 Å². The summed E-state index contributed by atoms with van der Waals surface area (Å²) < 4.78 is 4.84. The minimum atomic E-state index is -1.65. The molecule has 0 aromatic heterocycles. The van der Waals surface area contributed by atoms with Crippen molar-refractivity contribution in [2.75, 3.05) is 6.61 Å². The maximum Gasteiger partial charge on any atom is 0.405 e. The van der Waals surface area contributed by atoms with Gasteiger partial charge in [0.1, 0.15) is 30.4 Å². The van der Waals surface area contributed by atoms with E-state index in [1.165, 1.54) is 6.92 Å². The van der Waals surface area contributed by atoms with E-state index >= 15 is 0 Å². The van der Waals surface area contributed by atoms with E-state index in [2.05, 4.69) is 5.32 Å². The highest BCUT2D eigenvalue weighted by atomic mass is 16.6. The molecule has 7 N–H and O–H groups in total. The first-order chi connectivity index (χ1) is 9.27. The van der Waals surface area contributed by atoms with Crippen molar-refractivity contribution in [2.24, 2.45) is 0 Å². The zero-order valence-electron chi connectivity index (χ0n) is 10.6. The molecule has 1 saturated heterocycles. The molecule has 0 bridgehead atoms. The molecule has 6 atom stereocenters. The van der Waals surface area contributed by atoms with Crippen LogP contribution in [0.25, 0.3) is 0 Å². The van der Waals surface area contributed by atoms with Crippen molar-refractivity contribution in [3.05, 3.63) is 0 Å². The van der Waals surface area contributed by atoms with Gasteiger partial charge in [-0.05, 0) is 6.92 Å². The number of ether oxygens (including phenoxy) is 1. The third-order valence-electron chi connectivity index (χ3n) is 2.94. The molecule has 1 fully saturated rings. The normalized spacial score (nSPS) is 35.1. The smallest absolute Gasteiger partial charge is 0.405 e. The Morgan fingerprint density at radius 2 is 1.85 bits per heavy atom. The summed E-state index contributed by atoms with van der Waals surface area (Å²) in [5, 5.41) is 50.4. The summed E-state index contributed by atoms with van der Waals surface area (Å²) in [5.41, 5.74) is 0. The summed E-state index contributed by atoms with van der Waals surface area (Å²) in [4.78, 5) is 22.0. The summed E-state index contributed by atoms with van der Waals surface area (Å²) in [6.45, 7) is 0.645. The first kappa shape index (κ1) is 16.6. The second-order valence-corrected chi connectivity index (χ2v) is 4.43. The number of hydrogen-bond donors (Lipinski definition) is 7. The monoisotopic (exact) mass is 294 g/mol. The molecule has 116 valence electrons. The van der Waals surface area contributed by atoms with E-state index in [-0.39, 0.29) is 0 Å². The van der Waals surface area contributed by atoms with Gasteiger partial charge in [0.2, 0.25) is 5.91 Å². The molecule has 0 aliphatic carbocycles. The number of aliphatic hydroxyl groups is 4. The van der Waals surface area contributed by atoms with E-state index in [1.807, 2.05) is 5.32 Å². The maximum absolute atomic E-state index is 11.6. The number of carboxylic acid groups (broad SMARTS) is 1. The van der Waals surface area contributed by atoms with Gasteiger partial charge in [0.15, 0.2) is 6.29 Å². The summed E-state index contributed by atoms with van der Waals surface area (Å²) in [5.74, 6) is -0.811. The van der Waals surface area contributed by atoms with Gasteiger partial charge in [0.05, 0.1) is 6.61 Å². The minimum absolute atomic E-state index is 0.618. The maximum atomic E-state index is 11.6. The van der Waals surface area contributed by atoms with E-state index < -0.39 is 55.3 Å². The lowest BCUT2D eigenvalue weighted by atomic mass is 9.97. The Balaban J connectivity index is 2.66. The number of carbonyl (C=O) groups is 2. The SMILES string of the molecule is C[C@H](NC(=O)O)C(=O)N[C@@H]1[C@@H](O)[C@H](O)[C@@H](CO)O[C@H]1O. The molecular weight excluding hydrogens is 276 g/mol. The Bertz CT molecular complexity index is 365. The van der Waals surface area contributed by atoms with Gasteiger partial charge >= 0.3 is 6.09 Å². The molecule has 0 saturated carbocycles. The fourth-order valence-corrected chi connectivity index (χ4v) is 1.79. The van der Waals surface area contributed by atoms with Crippen LogP contribution in [0, 0.1) is 0 Å². The quantitative estimate of drug-likeness (QED) is 0.281. The van der Waals surface area contributed by atoms with Gasteiger partial charge in [0.25, 0.3) is 0 Å². The highest BCUT2D eigenvalue weighted by molar-refractivity contribution is 5.85. The Labute approximate surface area is 114 Å². The average Bonchev–Trinajstić information content (AvgIpc) is 2.37. The topological polar surface area (TPSA) is 169 Å². The highest BCUT2D eigenvalue weighted by Gasteiger charge is 2.44. The molecule has 0 aromatic carbocycles. The third-order valence-corrected chi connectivity index (χ3v) is 2.94. The van der Waals surface area contributed by atoms with Gasteiger partial charge in [-0.3, -0.25) is 4.79 Å². The number of aliphatic hydroxyl groups excluding tert-OH is 4. The van der Waals surface area contributed by atoms with Crippen LogP contribution in [0.5, 0.6) is 0 Å². The first-order valence-electron chi connectivity index (χ1n) is 5.88. The third kappa shape index (κ3) is 3.77. The van der Waals surface area contributed by atoms with Crippen molar-refractivity contribution in [1.82, 2.24) is 10.6 Å². The fourth-order valence-electron chi connectivity index (χ4n) is 1.79. The second-order valence-electron chi connectivity index (χ2n) is 4.43. The molecule has 1 aliphatic rings. The van der Waals surface area contributed by atoms with Crippen molar-refractivity contribution in [3.8, 4) is 0 Å². The van der Waals surface area contributed by atoms with Crippen LogP contribution in [-0.2, 0) is 9.53 Å². The minimum Gasteiger partial charge on any atom is -0.465 e. The van der Waals surface area contributed by atoms with E-state index in [4.69, 9.17) is 14.9 Å². The largest absolute Gasteiger partial charge is 0.465 e. The molecule has 10 heteroatoms. The lowest BCUT2D eigenvalue weighted by Gasteiger charge is -2.40. The zero-order chi connectivity index (χ0) is 15.4. The number of rotatable bonds is 4. The average molecular weight is 294 g/mol. The van der Waals surface area contributed by atoms with Gasteiger partial charge in [-0.1, -0.05) is 0 Å². The van der Waals surface area contributed by atoms with Crippen LogP contribution in [-0.4, -0.2) is 80.8 Å². The predicted molar refractivity (Wildman–Crippen MR) is 62.5 cm³/mol. The van der Waals surface area contributed by atoms with Gasteiger partial charge in [0, 0.05) is 0 Å². The number of nitrogens with one attached hydrogen (secondary N) is 2. The van der Waals surface area contributed by atoms with E-state index in [0.29, 0.717) is 0 Å². The van der Waals surface area contributed by atoms with E-state index in [0.717, 1.165) is 0 Å².